The average molecular weight is 277 g/mol. The number of halogens is 1. The Balaban J connectivity index is 2.88. The summed E-state index contributed by atoms with van der Waals surface area (Å²) in [7, 11) is 0. The van der Waals surface area contributed by atoms with Crippen molar-refractivity contribution in [2.24, 2.45) is 5.10 Å². The molecule has 0 atom stereocenters. The first kappa shape index (κ1) is 12.2. The second-order valence-electron chi connectivity index (χ2n) is 2.96. The van der Waals surface area contributed by atoms with E-state index in [4.69, 9.17) is 10.5 Å². The number of nitrogens with zero attached hydrogens (tertiary/aromatic N) is 3. The van der Waals surface area contributed by atoms with Crippen molar-refractivity contribution in [2.45, 2.75) is 13.3 Å². The van der Waals surface area contributed by atoms with E-state index < -0.39 is 0 Å². The van der Waals surface area contributed by atoms with Crippen LogP contribution in [0.4, 0.5) is 5.69 Å². The number of hydrazone groups is 1. The molecule has 1 N–H and O–H groups in total. The van der Waals surface area contributed by atoms with E-state index in [2.05, 4.69) is 33.4 Å². The van der Waals surface area contributed by atoms with Crippen molar-refractivity contribution in [3.8, 4) is 12.1 Å². The van der Waals surface area contributed by atoms with Crippen molar-refractivity contribution >= 4 is 27.3 Å². The minimum Gasteiger partial charge on any atom is -0.275 e. The summed E-state index contributed by atoms with van der Waals surface area (Å²) in [5.74, 6) is 0. The van der Waals surface area contributed by atoms with Crippen molar-refractivity contribution < 1.29 is 0 Å². The molecule has 0 fully saturated rings. The molecule has 0 aliphatic carbocycles. The molecule has 0 aromatic heterocycles. The van der Waals surface area contributed by atoms with Gasteiger partial charge in [-0.1, -0.05) is 13.0 Å². The molecule has 0 radical (unpaired) electrons. The quantitative estimate of drug-likeness (QED) is 0.682. The average Bonchev–Trinajstić information content (AvgIpc) is 2.32. The van der Waals surface area contributed by atoms with Gasteiger partial charge in [0.2, 0.25) is 5.71 Å². The molecular formula is C11H9BrN4. The van der Waals surface area contributed by atoms with E-state index in [1.807, 2.05) is 18.2 Å². The van der Waals surface area contributed by atoms with Crippen molar-refractivity contribution in [1.82, 2.24) is 0 Å². The molecule has 0 unspecified atom stereocenters. The van der Waals surface area contributed by atoms with Gasteiger partial charge in [0, 0.05) is 4.47 Å². The first-order chi connectivity index (χ1) is 7.71. The molecule has 16 heavy (non-hydrogen) atoms. The summed E-state index contributed by atoms with van der Waals surface area (Å²) in [6.45, 7) is 2.07. The van der Waals surface area contributed by atoms with Crippen LogP contribution in [0.15, 0.2) is 27.8 Å². The Kier molecular flexibility index (Phi) is 4.50. The maximum Gasteiger partial charge on any atom is 0.237 e. The van der Waals surface area contributed by atoms with Gasteiger partial charge in [-0.15, -0.1) is 0 Å². The lowest BCUT2D eigenvalue weighted by atomic mass is 10.1. The second-order valence-corrected chi connectivity index (χ2v) is 3.82. The normalized spacial score (nSPS) is 8.75. The number of nitriles is 2. The van der Waals surface area contributed by atoms with Crippen molar-refractivity contribution in [2.75, 3.05) is 5.43 Å². The fourth-order valence-corrected chi connectivity index (χ4v) is 1.58. The zero-order chi connectivity index (χ0) is 12.0. The predicted octanol–water partition coefficient (Wildman–Crippen LogP) is 2.83. The molecular weight excluding hydrogens is 268 g/mol. The summed E-state index contributed by atoms with van der Waals surface area (Å²) in [6, 6.07) is 9.12. The molecule has 0 saturated heterocycles. The third kappa shape index (κ3) is 3.08. The monoisotopic (exact) mass is 276 g/mol. The summed E-state index contributed by atoms with van der Waals surface area (Å²) in [4.78, 5) is 0. The van der Waals surface area contributed by atoms with Gasteiger partial charge in [0.05, 0.1) is 5.69 Å². The van der Waals surface area contributed by atoms with E-state index in [-0.39, 0.29) is 5.71 Å². The van der Waals surface area contributed by atoms with Crippen LogP contribution in [-0.2, 0) is 6.42 Å². The Morgan fingerprint density at radius 3 is 2.62 bits per heavy atom. The molecule has 1 aromatic rings. The van der Waals surface area contributed by atoms with Gasteiger partial charge in [-0.2, -0.15) is 15.6 Å². The number of nitrogens with one attached hydrogen (secondary N) is 1. The molecule has 0 spiro atoms. The zero-order valence-electron chi connectivity index (χ0n) is 8.66. The van der Waals surface area contributed by atoms with Gasteiger partial charge < -0.3 is 0 Å². The Morgan fingerprint density at radius 1 is 1.44 bits per heavy atom. The molecule has 80 valence electrons. The number of hydrogen-bond acceptors (Lipinski definition) is 4. The minimum absolute atomic E-state index is 0.202. The van der Waals surface area contributed by atoms with Crippen LogP contribution >= 0.6 is 15.9 Å². The maximum absolute atomic E-state index is 8.50. The molecule has 0 bridgehead atoms. The standard InChI is InChI=1S/C11H9BrN4/c1-2-8-3-4-11(10(12)5-8)16-15-9(6-13)7-14/h3-5,16H,2H2,1H3. The highest BCUT2D eigenvalue weighted by Crippen LogP contribution is 2.23. The van der Waals surface area contributed by atoms with Gasteiger partial charge in [0.1, 0.15) is 12.1 Å². The van der Waals surface area contributed by atoms with E-state index in [1.165, 1.54) is 5.56 Å². The largest absolute Gasteiger partial charge is 0.275 e. The highest BCUT2D eigenvalue weighted by Gasteiger charge is 2.00. The number of anilines is 1. The van der Waals surface area contributed by atoms with E-state index in [0.29, 0.717) is 0 Å². The van der Waals surface area contributed by atoms with Crippen LogP contribution < -0.4 is 5.43 Å². The Labute approximate surface area is 102 Å². The molecule has 1 aromatic carbocycles. The third-order valence-corrected chi connectivity index (χ3v) is 2.60. The summed E-state index contributed by atoms with van der Waals surface area (Å²) in [5, 5.41) is 20.7. The first-order valence-corrected chi connectivity index (χ1v) is 5.43. The molecule has 1 rings (SSSR count). The molecule has 0 aliphatic heterocycles. The highest BCUT2D eigenvalue weighted by molar-refractivity contribution is 9.10. The van der Waals surface area contributed by atoms with Crippen LogP contribution in [0.2, 0.25) is 0 Å². The van der Waals surface area contributed by atoms with Gasteiger partial charge >= 0.3 is 0 Å². The van der Waals surface area contributed by atoms with Gasteiger partial charge in [-0.3, -0.25) is 5.43 Å². The first-order valence-electron chi connectivity index (χ1n) is 4.63. The Bertz CT molecular complexity index is 478. The van der Waals surface area contributed by atoms with Crippen molar-refractivity contribution in [3.63, 3.8) is 0 Å². The van der Waals surface area contributed by atoms with Crippen molar-refractivity contribution in [3.05, 3.63) is 28.2 Å². The third-order valence-electron chi connectivity index (χ3n) is 1.94. The number of benzene rings is 1. The fourth-order valence-electron chi connectivity index (χ4n) is 1.06. The summed E-state index contributed by atoms with van der Waals surface area (Å²) in [6.07, 6.45) is 0.948. The van der Waals surface area contributed by atoms with E-state index in [9.17, 15) is 0 Å². The van der Waals surface area contributed by atoms with Crippen LogP contribution in [-0.4, -0.2) is 5.71 Å². The lowest BCUT2D eigenvalue weighted by Gasteiger charge is -2.04. The molecule has 4 nitrogen and oxygen atoms in total. The lowest BCUT2D eigenvalue weighted by Crippen LogP contribution is -1.97. The van der Waals surface area contributed by atoms with Gasteiger partial charge in [0.15, 0.2) is 0 Å². The summed E-state index contributed by atoms with van der Waals surface area (Å²) in [5.41, 5.74) is 4.38. The molecule has 0 aliphatic rings. The molecule has 5 heteroatoms. The second kappa shape index (κ2) is 5.89. The predicted molar refractivity (Wildman–Crippen MR) is 65.8 cm³/mol. The van der Waals surface area contributed by atoms with E-state index in [1.54, 1.807) is 12.1 Å². The Hall–Kier alpha value is -1.85. The van der Waals surface area contributed by atoms with Crippen LogP contribution in [0, 0.1) is 22.7 Å². The molecule has 0 saturated carbocycles. The smallest absolute Gasteiger partial charge is 0.237 e. The lowest BCUT2D eigenvalue weighted by molar-refractivity contribution is 1.13. The van der Waals surface area contributed by atoms with Crippen LogP contribution in [0.3, 0.4) is 0 Å². The van der Waals surface area contributed by atoms with E-state index >= 15 is 0 Å². The number of rotatable bonds is 3. The van der Waals surface area contributed by atoms with Crippen molar-refractivity contribution in [1.29, 1.82) is 10.5 Å². The van der Waals surface area contributed by atoms with Gasteiger partial charge in [-0.05, 0) is 40.0 Å². The van der Waals surface area contributed by atoms with Crippen LogP contribution in [0.5, 0.6) is 0 Å². The zero-order valence-corrected chi connectivity index (χ0v) is 10.2. The molecule has 0 amide bonds. The summed E-state index contributed by atoms with van der Waals surface area (Å²) >= 11 is 3.38. The van der Waals surface area contributed by atoms with Gasteiger partial charge in [0.25, 0.3) is 0 Å². The van der Waals surface area contributed by atoms with Crippen LogP contribution in [0.25, 0.3) is 0 Å². The molecule has 0 heterocycles. The Morgan fingerprint density at radius 2 is 2.12 bits per heavy atom. The topological polar surface area (TPSA) is 72.0 Å². The number of hydrogen-bond donors (Lipinski definition) is 1. The SMILES string of the molecule is CCc1ccc(NN=C(C#N)C#N)c(Br)c1. The highest BCUT2D eigenvalue weighted by atomic mass is 79.9. The van der Waals surface area contributed by atoms with Gasteiger partial charge in [-0.25, -0.2) is 0 Å². The number of aryl methyl sites for hydroxylation is 1. The van der Waals surface area contributed by atoms with E-state index in [0.717, 1.165) is 16.6 Å². The maximum atomic E-state index is 8.50. The fraction of sp³-hybridized carbons (Fsp3) is 0.182. The minimum atomic E-state index is -0.202. The summed E-state index contributed by atoms with van der Waals surface area (Å²) < 4.78 is 0.853. The van der Waals surface area contributed by atoms with Crippen LogP contribution in [0.1, 0.15) is 12.5 Å².